The second-order valence-electron chi connectivity index (χ2n) is 8.42. The van der Waals surface area contributed by atoms with E-state index >= 15 is 0 Å². The molecule has 0 spiro atoms. The molecule has 30 heavy (non-hydrogen) atoms. The van der Waals surface area contributed by atoms with Gasteiger partial charge in [0, 0.05) is 13.1 Å². The predicted molar refractivity (Wildman–Crippen MR) is 123 cm³/mol. The van der Waals surface area contributed by atoms with Gasteiger partial charge < -0.3 is 20.8 Å². The third kappa shape index (κ3) is 16.6. The highest BCUT2D eigenvalue weighted by molar-refractivity contribution is 5.90. The van der Waals surface area contributed by atoms with Crippen LogP contribution >= 0.6 is 0 Å². The lowest BCUT2D eigenvalue weighted by atomic mass is 10.1. The Bertz CT molecular complexity index is 380. The van der Waals surface area contributed by atoms with Crippen molar-refractivity contribution >= 4 is 11.8 Å². The molecule has 0 radical (unpaired) electrons. The molecular weight excluding hydrogens is 380 g/mol. The lowest BCUT2D eigenvalue weighted by Gasteiger charge is -2.17. The molecule has 6 heteroatoms. The van der Waals surface area contributed by atoms with E-state index in [0.717, 1.165) is 38.5 Å². The average Bonchev–Trinajstić information content (AvgIpc) is 2.75. The van der Waals surface area contributed by atoms with Gasteiger partial charge in [-0.1, -0.05) is 104 Å². The highest BCUT2D eigenvalue weighted by Gasteiger charge is 2.29. The first kappa shape index (κ1) is 28.9. The van der Waals surface area contributed by atoms with Crippen LogP contribution in [0, 0.1) is 0 Å². The maximum Gasteiger partial charge on any atom is 0.252 e. The molecule has 0 unspecified atom stereocenters. The van der Waals surface area contributed by atoms with Gasteiger partial charge in [-0.05, 0) is 12.8 Å². The Labute approximate surface area is 184 Å². The van der Waals surface area contributed by atoms with Crippen LogP contribution < -0.4 is 10.6 Å². The minimum Gasteiger partial charge on any atom is -0.380 e. The molecule has 4 N–H and O–H groups in total. The molecule has 0 saturated carbocycles. The first-order chi connectivity index (χ1) is 14.5. The average molecular weight is 429 g/mol. The van der Waals surface area contributed by atoms with E-state index in [1.54, 1.807) is 0 Å². The van der Waals surface area contributed by atoms with E-state index in [4.69, 9.17) is 0 Å². The van der Waals surface area contributed by atoms with Crippen molar-refractivity contribution < 1.29 is 19.8 Å². The van der Waals surface area contributed by atoms with Crippen molar-refractivity contribution in [2.75, 3.05) is 13.1 Å². The third-order valence-electron chi connectivity index (χ3n) is 5.50. The highest BCUT2D eigenvalue weighted by atomic mass is 16.3. The molecule has 0 fully saturated rings. The zero-order chi connectivity index (χ0) is 22.5. The number of aliphatic hydroxyl groups is 2. The van der Waals surface area contributed by atoms with Gasteiger partial charge in [0.1, 0.15) is 0 Å². The van der Waals surface area contributed by atoms with Gasteiger partial charge in [0.2, 0.25) is 0 Å². The summed E-state index contributed by atoms with van der Waals surface area (Å²) in [5.41, 5.74) is 0. The van der Waals surface area contributed by atoms with Crippen molar-refractivity contribution in [1.29, 1.82) is 0 Å². The van der Waals surface area contributed by atoms with Crippen LogP contribution in [-0.2, 0) is 9.59 Å². The number of carbonyl (C=O) groups excluding carboxylic acids is 2. The quantitative estimate of drug-likeness (QED) is 0.206. The lowest BCUT2D eigenvalue weighted by Crippen LogP contribution is -2.49. The number of carbonyl (C=O) groups is 2. The Balaban J connectivity index is 3.69. The Morgan fingerprint density at radius 1 is 0.533 bits per heavy atom. The van der Waals surface area contributed by atoms with Crippen molar-refractivity contribution in [1.82, 2.24) is 10.6 Å². The summed E-state index contributed by atoms with van der Waals surface area (Å²) in [5.74, 6) is -1.37. The lowest BCUT2D eigenvalue weighted by molar-refractivity contribution is -0.146. The Hall–Kier alpha value is -1.14. The predicted octanol–water partition coefficient (Wildman–Crippen LogP) is 4.22. The molecule has 0 bridgehead atoms. The molecule has 0 saturated heterocycles. The summed E-state index contributed by atoms with van der Waals surface area (Å²) < 4.78 is 0. The van der Waals surface area contributed by atoms with Gasteiger partial charge in [-0.2, -0.15) is 0 Å². The number of hydrogen-bond acceptors (Lipinski definition) is 4. The molecule has 0 aromatic carbocycles. The summed E-state index contributed by atoms with van der Waals surface area (Å²) in [5, 5.41) is 25.0. The van der Waals surface area contributed by atoms with E-state index in [1.165, 1.54) is 64.2 Å². The van der Waals surface area contributed by atoms with Crippen LogP contribution in [0.15, 0.2) is 0 Å². The maximum absolute atomic E-state index is 11.9. The Morgan fingerprint density at radius 2 is 0.800 bits per heavy atom. The highest BCUT2D eigenvalue weighted by Crippen LogP contribution is 2.09. The van der Waals surface area contributed by atoms with E-state index < -0.39 is 24.0 Å². The van der Waals surface area contributed by atoms with E-state index in [9.17, 15) is 19.8 Å². The molecule has 0 aromatic rings. The van der Waals surface area contributed by atoms with E-state index in [1.807, 2.05) is 0 Å². The number of nitrogens with one attached hydrogen (secondary N) is 2. The SMILES string of the molecule is CCCCCCCCCCNC(=O)[C@H](O)[C@@H](O)C(=O)NCCCCCCCCCC. The third-order valence-corrected chi connectivity index (χ3v) is 5.50. The summed E-state index contributed by atoms with van der Waals surface area (Å²) >= 11 is 0. The van der Waals surface area contributed by atoms with Gasteiger partial charge in [-0.15, -0.1) is 0 Å². The number of rotatable bonds is 21. The molecular formula is C24H48N2O4. The topological polar surface area (TPSA) is 98.7 Å². The minimum atomic E-state index is -1.72. The molecule has 0 rings (SSSR count). The zero-order valence-corrected chi connectivity index (χ0v) is 19.6. The molecule has 0 aliphatic rings. The van der Waals surface area contributed by atoms with Crippen LogP contribution in [0.2, 0.25) is 0 Å². The smallest absolute Gasteiger partial charge is 0.252 e. The number of unbranched alkanes of at least 4 members (excludes halogenated alkanes) is 14. The van der Waals surface area contributed by atoms with Gasteiger partial charge in [0.25, 0.3) is 11.8 Å². The first-order valence-corrected chi connectivity index (χ1v) is 12.5. The van der Waals surface area contributed by atoms with Crippen LogP contribution in [0.4, 0.5) is 0 Å². The van der Waals surface area contributed by atoms with Gasteiger partial charge >= 0.3 is 0 Å². The normalized spacial score (nSPS) is 13.1. The molecule has 2 atom stereocenters. The van der Waals surface area contributed by atoms with Crippen LogP contribution in [0.1, 0.15) is 117 Å². The minimum absolute atomic E-state index is 0.456. The van der Waals surface area contributed by atoms with Gasteiger partial charge in [-0.25, -0.2) is 0 Å². The fourth-order valence-corrected chi connectivity index (χ4v) is 3.44. The van der Waals surface area contributed by atoms with Crippen LogP contribution in [0.3, 0.4) is 0 Å². The molecule has 0 heterocycles. The monoisotopic (exact) mass is 428 g/mol. The van der Waals surface area contributed by atoms with Gasteiger partial charge in [0.05, 0.1) is 0 Å². The van der Waals surface area contributed by atoms with Crippen molar-refractivity contribution in [2.45, 2.75) is 129 Å². The number of amides is 2. The zero-order valence-electron chi connectivity index (χ0n) is 19.6. The summed E-state index contributed by atoms with van der Waals surface area (Å²) in [6.45, 7) is 5.32. The van der Waals surface area contributed by atoms with Crippen molar-refractivity contribution in [3.8, 4) is 0 Å². The van der Waals surface area contributed by atoms with E-state index in [2.05, 4.69) is 24.5 Å². The summed E-state index contributed by atoms with van der Waals surface area (Å²) in [6, 6.07) is 0. The fraction of sp³-hybridized carbons (Fsp3) is 0.917. The fourth-order valence-electron chi connectivity index (χ4n) is 3.44. The molecule has 178 valence electrons. The van der Waals surface area contributed by atoms with Crippen molar-refractivity contribution in [3.05, 3.63) is 0 Å². The Kier molecular flexibility index (Phi) is 20.3. The van der Waals surface area contributed by atoms with Crippen LogP contribution in [0.25, 0.3) is 0 Å². The van der Waals surface area contributed by atoms with Gasteiger partial charge in [-0.3, -0.25) is 9.59 Å². The second-order valence-corrected chi connectivity index (χ2v) is 8.42. The van der Waals surface area contributed by atoms with Crippen molar-refractivity contribution in [3.63, 3.8) is 0 Å². The number of hydrogen-bond donors (Lipinski definition) is 4. The molecule has 2 amide bonds. The van der Waals surface area contributed by atoms with Crippen LogP contribution in [-0.4, -0.2) is 47.3 Å². The van der Waals surface area contributed by atoms with Gasteiger partial charge in [0.15, 0.2) is 12.2 Å². The van der Waals surface area contributed by atoms with Crippen LogP contribution in [0.5, 0.6) is 0 Å². The molecule has 0 aliphatic carbocycles. The molecule has 0 aromatic heterocycles. The number of aliphatic hydroxyl groups excluding tert-OH is 2. The summed E-state index contributed by atoms with van der Waals surface area (Å²) in [6.07, 6.45) is 15.2. The van der Waals surface area contributed by atoms with Crippen molar-refractivity contribution in [2.24, 2.45) is 0 Å². The largest absolute Gasteiger partial charge is 0.380 e. The summed E-state index contributed by atoms with van der Waals surface area (Å²) in [7, 11) is 0. The summed E-state index contributed by atoms with van der Waals surface area (Å²) in [4.78, 5) is 23.8. The standard InChI is InChI=1S/C24H48N2O4/c1-3-5-7-9-11-13-15-17-19-25-23(29)21(27)22(28)24(30)26-20-18-16-14-12-10-8-6-4-2/h21-22,27-28H,3-20H2,1-2H3,(H,25,29)(H,26,30)/t21-,22-/m1/s1. The maximum atomic E-state index is 11.9. The first-order valence-electron chi connectivity index (χ1n) is 12.5. The van der Waals surface area contributed by atoms with E-state index in [0.29, 0.717) is 13.1 Å². The molecule has 0 aliphatic heterocycles. The molecule has 6 nitrogen and oxygen atoms in total. The van der Waals surface area contributed by atoms with E-state index in [-0.39, 0.29) is 0 Å². The Morgan fingerprint density at radius 3 is 1.10 bits per heavy atom. The second kappa shape index (κ2) is 21.1.